The number of halogens is 3. The third-order valence-electron chi connectivity index (χ3n) is 1.99. The van der Waals surface area contributed by atoms with Crippen molar-refractivity contribution in [1.29, 1.82) is 0 Å². The molecule has 2 rings (SSSR count). The summed E-state index contributed by atoms with van der Waals surface area (Å²) >= 11 is 18.9. The summed E-state index contributed by atoms with van der Waals surface area (Å²) in [5.41, 5.74) is 0. The molecule has 2 aromatic heterocycles. The van der Waals surface area contributed by atoms with E-state index in [1.165, 1.54) is 11.3 Å². The minimum Gasteiger partial charge on any atom is -0.360 e. The molecule has 0 aliphatic rings. The largest absolute Gasteiger partial charge is 0.360 e. The first kappa shape index (κ1) is 12.8. The van der Waals surface area contributed by atoms with Crippen molar-refractivity contribution in [3.05, 3.63) is 31.8 Å². The minimum atomic E-state index is 0.0118. The molecule has 0 aliphatic heterocycles. The predicted molar refractivity (Wildman–Crippen MR) is 71.2 cm³/mol. The zero-order valence-electron chi connectivity index (χ0n) is 8.62. The van der Waals surface area contributed by atoms with Crippen LogP contribution in [0.4, 0.5) is 5.82 Å². The lowest BCUT2D eigenvalue weighted by atomic mass is 10.3. The van der Waals surface area contributed by atoms with Crippen LogP contribution in [-0.4, -0.2) is 15.2 Å². The molecule has 0 fully saturated rings. The molecule has 1 unspecified atom stereocenters. The van der Waals surface area contributed by atoms with E-state index in [0.717, 1.165) is 9.21 Å². The van der Waals surface area contributed by atoms with Crippen molar-refractivity contribution in [1.82, 2.24) is 15.2 Å². The average Bonchev–Trinajstić information content (AvgIpc) is 2.70. The predicted octanol–water partition coefficient (Wildman–Crippen LogP) is 4.07. The van der Waals surface area contributed by atoms with Crippen molar-refractivity contribution in [2.24, 2.45) is 0 Å². The van der Waals surface area contributed by atoms with Crippen LogP contribution in [0.25, 0.3) is 0 Å². The highest BCUT2D eigenvalue weighted by molar-refractivity contribution is 7.16. The molecular formula is C9H7Cl3N4S. The van der Waals surface area contributed by atoms with Gasteiger partial charge in [0.25, 0.3) is 0 Å². The highest BCUT2D eigenvalue weighted by atomic mass is 35.5. The first-order chi connectivity index (χ1) is 8.06. The number of aromatic nitrogens is 3. The fourth-order valence-electron chi connectivity index (χ4n) is 1.22. The number of nitrogens with zero attached hydrogens (tertiary/aromatic N) is 3. The number of nitrogens with one attached hydrogen (secondary N) is 1. The fourth-order valence-corrected chi connectivity index (χ4v) is 2.54. The Hall–Kier alpha value is -0.620. The molecule has 0 amide bonds. The van der Waals surface area contributed by atoms with Crippen molar-refractivity contribution >= 4 is 52.0 Å². The maximum Gasteiger partial charge on any atom is 0.245 e. The van der Waals surface area contributed by atoms with Crippen LogP contribution in [0, 0.1) is 0 Å². The summed E-state index contributed by atoms with van der Waals surface area (Å²) in [6, 6.07) is 3.79. The van der Waals surface area contributed by atoms with Crippen molar-refractivity contribution in [2.45, 2.75) is 13.0 Å². The van der Waals surface area contributed by atoms with E-state index >= 15 is 0 Å². The van der Waals surface area contributed by atoms with Gasteiger partial charge in [-0.2, -0.15) is 4.98 Å². The van der Waals surface area contributed by atoms with Crippen LogP contribution < -0.4 is 5.32 Å². The Kier molecular flexibility index (Phi) is 4.04. The quantitative estimate of drug-likeness (QED) is 0.928. The molecule has 4 nitrogen and oxygen atoms in total. The summed E-state index contributed by atoms with van der Waals surface area (Å²) in [7, 11) is 0. The van der Waals surface area contributed by atoms with E-state index in [2.05, 4.69) is 20.5 Å². The second kappa shape index (κ2) is 5.35. The Morgan fingerprint density at radius 3 is 2.65 bits per heavy atom. The zero-order chi connectivity index (χ0) is 12.4. The van der Waals surface area contributed by atoms with Gasteiger partial charge in [0.2, 0.25) is 5.28 Å². The molecular weight excluding hydrogens is 303 g/mol. The number of hydrogen-bond donors (Lipinski definition) is 1. The highest BCUT2D eigenvalue weighted by Crippen LogP contribution is 2.29. The van der Waals surface area contributed by atoms with Crippen LogP contribution in [0.2, 0.25) is 14.8 Å². The molecule has 1 N–H and O–H groups in total. The van der Waals surface area contributed by atoms with Crippen LogP contribution in [0.5, 0.6) is 0 Å². The number of hydrogen-bond acceptors (Lipinski definition) is 5. The van der Waals surface area contributed by atoms with Crippen molar-refractivity contribution < 1.29 is 0 Å². The summed E-state index contributed by atoms with van der Waals surface area (Å²) in [4.78, 5) is 5.04. The molecule has 0 saturated heterocycles. The third kappa shape index (κ3) is 3.19. The van der Waals surface area contributed by atoms with Gasteiger partial charge in [-0.1, -0.05) is 23.2 Å². The molecule has 0 bridgehead atoms. The Morgan fingerprint density at radius 1 is 1.24 bits per heavy atom. The summed E-state index contributed by atoms with van der Waals surface area (Å²) in [6.45, 7) is 1.97. The second-order valence-corrected chi connectivity index (χ2v) is 5.67. The van der Waals surface area contributed by atoms with Gasteiger partial charge in [0.15, 0.2) is 11.0 Å². The molecule has 2 aromatic rings. The summed E-state index contributed by atoms with van der Waals surface area (Å²) in [6.07, 6.45) is 0. The first-order valence-corrected chi connectivity index (χ1v) is 6.59. The molecule has 0 aromatic carbocycles. The zero-order valence-corrected chi connectivity index (χ0v) is 11.7. The maximum atomic E-state index is 5.87. The van der Waals surface area contributed by atoms with Gasteiger partial charge in [-0.25, -0.2) is 0 Å². The normalized spacial score (nSPS) is 12.5. The van der Waals surface area contributed by atoms with Gasteiger partial charge in [-0.15, -0.1) is 21.5 Å². The summed E-state index contributed by atoms with van der Waals surface area (Å²) < 4.78 is 0.735. The molecule has 90 valence electrons. The molecule has 0 saturated carbocycles. The van der Waals surface area contributed by atoms with Crippen molar-refractivity contribution in [3.63, 3.8) is 0 Å². The summed E-state index contributed by atoms with van der Waals surface area (Å²) in [5, 5.41) is 10.5. The van der Waals surface area contributed by atoms with Crippen molar-refractivity contribution in [3.8, 4) is 0 Å². The molecule has 0 radical (unpaired) electrons. The van der Waals surface area contributed by atoms with Gasteiger partial charge < -0.3 is 5.32 Å². The van der Waals surface area contributed by atoms with Crippen molar-refractivity contribution in [2.75, 3.05) is 5.32 Å². The smallest absolute Gasteiger partial charge is 0.245 e. The molecule has 8 heteroatoms. The monoisotopic (exact) mass is 308 g/mol. The lowest BCUT2D eigenvalue weighted by Gasteiger charge is -2.12. The van der Waals surface area contributed by atoms with Gasteiger partial charge >= 0.3 is 0 Å². The third-order valence-corrected chi connectivity index (χ3v) is 3.82. The van der Waals surface area contributed by atoms with Gasteiger partial charge in [0.1, 0.15) is 0 Å². The SMILES string of the molecule is CC(Nc1nc(Cl)nnc1Cl)c1ccc(Cl)s1. The van der Waals surface area contributed by atoms with Crippen LogP contribution in [0.3, 0.4) is 0 Å². The molecule has 2 heterocycles. The van der Waals surface area contributed by atoms with E-state index in [1.807, 2.05) is 19.1 Å². The van der Waals surface area contributed by atoms with E-state index in [9.17, 15) is 0 Å². The number of anilines is 1. The summed E-state index contributed by atoms with van der Waals surface area (Å²) in [5.74, 6) is 0.406. The minimum absolute atomic E-state index is 0.0118. The van der Waals surface area contributed by atoms with E-state index in [-0.39, 0.29) is 16.5 Å². The van der Waals surface area contributed by atoms with Gasteiger partial charge in [0, 0.05) is 4.88 Å². The Balaban J connectivity index is 2.18. The van der Waals surface area contributed by atoms with Gasteiger partial charge in [-0.3, -0.25) is 0 Å². The van der Waals surface area contributed by atoms with E-state index in [1.54, 1.807) is 0 Å². The van der Waals surface area contributed by atoms with E-state index in [0.29, 0.717) is 5.82 Å². The molecule has 17 heavy (non-hydrogen) atoms. The van der Waals surface area contributed by atoms with E-state index < -0.39 is 0 Å². The maximum absolute atomic E-state index is 5.87. The fraction of sp³-hybridized carbons (Fsp3) is 0.222. The van der Waals surface area contributed by atoms with Crippen LogP contribution in [0.15, 0.2) is 12.1 Å². The molecule has 0 spiro atoms. The lowest BCUT2D eigenvalue weighted by molar-refractivity contribution is 0.876. The average molecular weight is 310 g/mol. The highest BCUT2D eigenvalue weighted by Gasteiger charge is 2.12. The Morgan fingerprint density at radius 2 is 2.00 bits per heavy atom. The standard InChI is InChI=1S/C9H7Cl3N4S/c1-4(5-2-3-6(10)17-5)13-8-7(11)15-16-9(12)14-8/h2-4H,1H3,(H,13,14,16). The van der Waals surface area contributed by atoms with E-state index in [4.69, 9.17) is 34.8 Å². The van der Waals surface area contributed by atoms with Crippen LogP contribution in [-0.2, 0) is 0 Å². The topological polar surface area (TPSA) is 50.7 Å². The lowest BCUT2D eigenvalue weighted by Crippen LogP contribution is -2.08. The Bertz CT molecular complexity index is 531. The Labute approximate surface area is 117 Å². The van der Waals surface area contributed by atoms with Gasteiger partial charge in [0.05, 0.1) is 10.4 Å². The molecule has 1 atom stereocenters. The molecule has 0 aliphatic carbocycles. The van der Waals surface area contributed by atoms with Crippen LogP contribution in [0.1, 0.15) is 17.8 Å². The van der Waals surface area contributed by atoms with Gasteiger partial charge in [-0.05, 0) is 30.7 Å². The first-order valence-electron chi connectivity index (χ1n) is 4.64. The number of thiophene rings is 1. The second-order valence-electron chi connectivity index (χ2n) is 3.23. The van der Waals surface area contributed by atoms with Crippen LogP contribution >= 0.6 is 46.1 Å². The number of rotatable bonds is 3.